The lowest BCUT2D eigenvalue weighted by molar-refractivity contribution is 0.0210. The largest absolute Gasteiger partial charge is 0.373 e. The van der Waals surface area contributed by atoms with E-state index in [1.54, 1.807) is 4.68 Å². The van der Waals surface area contributed by atoms with E-state index in [-0.39, 0.29) is 0 Å². The SMILES string of the molecule is Cc1nn(C)c(Cl)c1COC1CCNCC1. The van der Waals surface area contributed by atoms with E-state index in [2.05, 4.69) is 10.4 Å². The maximum absolute atomic E-state index is 6.14. The minimum absolute atomic E-state index is 0.358. The molecule has 0 amide bonds. The second-order valence-corrected chi connectivity index (χ2v) is 4.60. The molecule has 1 saturated heterocycles. The third-order valence-electron chi connectivity index (χ3n) is 3.02. The van der Waals surface area contributed by atoms with Crippen molar-refractivity contribution in [1.82, 2.24) is 15.1 Å². The molecule has 90 valence electrons. The first-order valence-electron chi connectivity index (χ1n) is 5.68. The Morgan fingerprint density at radius 1 is 1.50 bits per heavy atom. The number of aryl methyl sites for hydroxylation is 2. The van der Waals surface area contributed by atoms with Gasteiger partial charge in [0.15, 0.2) is 0 Å². The van der Waals surface area contributed by atoms with Gasteiger partial charge >= 0.3 is 0 Å². The average Bonchev–Trinajstić information content (AvgIpc) is 2.53. The van der Waals surface area contributed by atoms with Gasteiger partial charge in [-0.2, -0.15) is 5.10 Å². The molecule has 0 aliphatic carbocycles. The Hall–Kier alpha value is -0.580. The van der Waals surface area contributed by atoms with Gasteiger partial charge in [-0.25, -0.2) is 0 Å². The Balaban J connectivity index is 1.93. The van der Waals surface area contributed by atoms with E-state index in [9.17, 15) is 0 Å². The Kier molecular flexibility index (Phi) is 3.84. The van der Waals surface area contributed by atoms with Gasteiger partial charge in [-0.1, -0.05) is 11.6 Å². The summed E-state index contributed by atoms with van der Waals surface area (Å²) >= 11 is 6.14. The number of nitrogens with zero attached hydrogens (tertiary/aromatic N) is 2. The van der Waals surface area contributed by atoms with E-state index >= 15 is 0 Å². The molecule has 0 radical (unpaired) electrons. The first-order chi connectivity index (χ1) is 7.68. The quantitative estimate of drug-likeness (QED) is 0.878. The first-order valence-corrected chi connectivity index (χ1v) is 6.06. The minimum atomic E-state index is 0.358. The summed E-state index contributed by atoms with van der Waals surface area (Å²) in [6.07, 6.45) is 2.52. The Labute approximate surface area is 101 Å². The van der Waals surface area contributed by atoms with Gasteiger partial charge in [-0.15, -0.1) is 0 Å². The molecule has 1 aliphatic rings. The van der Waals surface area contributed by atoms with Crippen molar-refractivity contribution in [2.45, 2.75) is 32.5 Å². The van der Waals surface area contributed by atoms with Crippen LogP contribution in [-0.4, -0.2) is 29.0 Å². The highest BCUT2D eigenvalue weighted by Crippen LogP contribution is 2.21. The van der Waals surface area contributed by atoms with Crippen LogP contribution in [0.2, 0.25) is 5.15 Å². The zero-order valence-corrected chi connectivity index (χ0v) is 10.5. The van der Waals surface area contributed by atoms with E-state index in [0.29, 0.717) is 17.9 Å². The first kappa shape index (κ1) is 11.9. The lowest BCUT2D eigenvalue weighted by Crippen LogP contribution is -2.32. The summed E-state index contributed by atoms with van der Waals surface area (Å²) in [6.45, 7) is 4.63. The normalized spacial score (nSPS) is 17.9. The van der Waals surface area contributed by atoms with Crippen LogP contribution < -0.4 is 5.32 Å². The lowest BCUT2D eigenvalue weighted by atomic mass is 10.1. The summed E-state index contributed by atoms with van der Waals surface area (Å²) in [5.74, 6) is 0. The smallest absolute Gasteiger partial charge is 0.132 e. The lowest BCUT2D eigenvalue weighted by Gasteiger charge is -2.22. The zero-order chi connectivity index (χ0) is 11.5. The molecule has 16 heavy (non-hydrogen) atoms. The molecule has 1 fully saturated rings. The van der Waals surface area contributed by atoms with Crippen LogP contribution in [0.15, 0.2) is 0 Å². The summed E-state index contributed by atoms with van der Waals surface area (Å²) in [5.41, 5.74) is 1.98. The number of aromatic nitrogens is 2. The average molecular weight is 244 g/mol. The fourth-order valence-corrected chi connectivity index (χ4v) is 2.23. The topological polar surface area (TPSA) is 39.1 Å². The number of ether oxygens (including phenoxy) is 1. The van der Waals surface area contributed by atoms with Crippen LogP contribution >= 0.6 is 11.6 Å². The minimum Gasteiger partial charge on any atom is -0.373 e. The van der Waals surface area contributed by atoms with Crippen LogP contribution in [0, 0.1) is 6.92 Å². The molecule has 1 aliphatic heterocycles. The van der Waals surface area contributed by atoms with E-state index in [1.807, 2.05) is 14.0 Å². The van der Waals surface area contributed by atoms with Gasteiger partial charge in [0, 0.05) is 12.6 Å². The van der Waals surface area contributed by atoms with Gasteiger partial charge in [0.2, 0.25) is 0 Å². The fraction of sp³-hybridized carbons (Fsp3) is 0.727. The molecule has 2 heterocycles. The molecule has 1 aromatic heterocycles. The number of halogens is 1. The summed E-state index contributed by atoms with van der Waals surface area (Å²) < 4.78 is 7.56. The highest BCUT2D eigenvalue weighted by molar-refractivity contribution is 6.30. The summed E-state index contributed by atoms with van der Waals surface area (Å²) in [7, 11) is 1.85. The molecule has 1 aromatic rings. The second-order valence-electron chi connectivity index (χ2n) is 4.24. The van der Waals surface area contributed by atoms with Crippen molar-refractivity contribution in [3.05, 3.63) is 16.4 Å². The van der Waals surface area contributed by atoms with Gasteiger partial charge in [0.05, 0.1) is 18.4 Å². The molecule has 0 atom stereocenters. The predicted octanol–water partition coefficient (Wildman–Crippen LogP) is 1.65. The summed E-state index contributed by atoms with van der Waals surface area (Å²) in [6, 6.07) is 0. The van der Waals surface area contributed by atoms with Gasteiger partial charge < -0.3 is 10.1 Å². The van der Waals surface area contributed by atoms with Crippen LogP contribution in [0.4, 0.5) is 0 Å². The van der Waals surface area contributed by atoms with Crippen molar-refractivity contribution >= 4 is 11.6 Å². The molecular formula is C11H18ClN3O. The van der Waals surface area contributed by atoms with Gasteiger partial charge in [-0.3, -0.25) is 4.68 Å². The fourth-order valence-electron chi connectivity index (χ4n) is 2.00. The Bertz CT molecular complexity index is 358. The number of piperidine rings is 1. The van der Waals surface area contributed by atoms with Gasteiger partial charge in [-0.05, 0) is 32.9 Å². The second kappa shape index (κ2) is 5.17. The molecular weight excluding hydrogens is 226 g/mol. The zero-order valence-electron chi connectivity index (χ0n) is 9.79. The maximum Gasteiger partial charge on any atom is 0.132 e. The van der Waals surface area contributed by atoms with Gasteiger partial charge in [0.1, 0.15) is 5.15 Å². The highest BCUT2D eigenvalue weighted by atomic mass is 35.5. The molecule has 0 unspecified atom stereocenters. The van der Waals surface area contributed by atoms with Crippen LogP contribution in [0.25, 0.3) is 0 Å². The van der Waals surface area contributed by atoms with Crippen LogP contribution in [0.1, 0.15) is 24.1 Å². The van der Waals surface area contributed by atoms with Gasteiger partial charge in [0.25, 0.3) is 0 Å². The molecule has 0 spiro atoms. The van der Waals surface area contributed by atoms with E-state index < -0.39 is 0 Å². The van der Waals surface area contributed by atoms with Crippen molar-refractivity contribution in [2.75, 3.05) is 13.1 Å². The standard InChI is InChI=1S/C11H18ClN3O/c1-8-10(11(12)15(2)14-8)7-16-9-3-5-13-6-4-9/h9,13H,3-7H2,1-2H3. The van der Waals surface area contributed by atoms with Crippen molar-refractivity contribution in [3.63, 3.8) is 0 Å². The molecule has 2 rings (SSSR count). The predicted molar refractivity (Wildman–Crippen MR) is 63.6 cm³/mol. The number of rotatable bonds is 3. The Morgan fingerprint density at radius 3 is 2.75 bits per heavy atom. The van der Waals surface area contributed by atoms with E-state index in [0.717, 1.165) is 37.2 Å². The van der Waals surface area contributed by atoms with E-state index in [1.165, 1.54) is 0 Å². The van der Waals surface area contributed by atoms with Crippen molar-refractivity contribution in [2.24, 2.45) is 7.05 Å². The highest BCUT2D eigenvalue weighted by Gasteiger charge is 2.16. The number of hydrogen-bond donors (Lipinski definition) is 1. The van der Waals surface area contributed by atoms with Crippen LogP contribution in [0.5, 0.6) is 0 Å². The molecule has 0 bridgehead atoms. The van der Waals surface area contributed by atoms with E-state index in [4.69, 9.17) is 16.3 Å². The molecule has 5 heteroatoms. The van der Waals surface area contributed by atoms with Crippen molar-refractivity contribution in [3.8, 4) is 0 Å². The third-order valence-corrected chi connectivity index (χ3v) is 3.49. The van der Waals surface area contributed by atoms with Crippen molar-refractivity contribution in [1.29, 1.82) is 0 Å². The summed E-state index contributed by atoms with van der Waals surface area (Å²) in [4.78, 5) is 0. The third kappa shape index (κ3) is 2.56. The molecule has 4 nitrogen and oxygen atoms in total. The van der Waals surface area contributed by atoms with Crippen LogP contribution in [-0.2, 0) is 18.4 Å². The Morgan fingerprint density at radius 2 is 2.19 bits per heavy atom. The molecule has 1 N–H and O–H groups in total. The van der Waals surface area contributed by atoms with Crippen LogP contribution in [0.3, 0.4) is 0 Å². The molecule has 0 aromatic carbocycles. The monoisotopic (exact) mass is 243 g/mol. The number of nitrogens with one attached hydrogen (secondary N) is 1. The van der Waals surface area contributed by atoms with Crippen molar-refractivity contribution < 1.29 is 4.74 Å². The molecule has 0 saturated carbocycles. The number of hydrogen-bond acceptors (Lipinski definition) is 3. The maximum atomic E-state index is 6.14. The summed E-state index contributed by atoms with van der Waals surface area (Å²) in [5, 5.41) is 8.27.